The SMILES string of the molecule is Cn1c(-c2nc3ccccc3n2C)nc2ccccc21. The minimum Gasteiger partial charge on any atom is -0.324 e. The average molecular weight is 262 g/mol. The second-order valence-electron chi connectivity index (χ2n) is 4.97. The molecule has 20 heavy (non-hydrogen) atoms. The molecule has 4 aromatic rings. The van der Waals surface area contributed by atoms with Gasteiger partial charge in [-0.15, -0.1) is 0 Å². The van der Waals surface area contributed by atoms with Crippen molar-refractivity contribution in [3.63, 3.8) is 0 Å². The first-order chi connectivity index (χ1) is 9.75. The van der Waals surface area contributed by atoms with Crippen LogP contribution >= 0.6 is 0 Å². The van der Waals surface area contributed by atoms with Crippen molar-refractivity contribution in [1.82, 2.24) is 19.1 Å². The summed E-state index contributed by atoms with van der Waals surface area (Å²) >= 11 is 0. The van der Waals surface area contributed by atoms with Crippen LogP contribution in [-0.2, 0) is 14.1 Å². The monoisotopic (exact) mass is 262 g/mol. The van der Waals surface area contributed by atoms with Crippen molar-refractivity contribution in [2.45, 2.75) is 0 Å². The maximum atomic E-state index is 4.72. The average Bonchev–Trinajstić information content (AvgIpc) is 2.98. The predicted octanol–water partition coefficient (Wildman–Crippen LogP) is 3.13. The lowest BCUT2D eigenvalue weighted by Crippen LogP contribution is -1.99. The van der Waals surface area contributed by atoms with Gasteiger partial charge < -0.3 is 9.13 Å². The van der Waals surface area contributed by atoms with E-state index in [1.807, 2.05) is 50.5 Å². The van der Waals surface area contributed by atoms with E-state index in [2.05, 4.69) is 21.3 Å². The van der Waals surface area contributed by atoms with E-state index >= 15 is 0 Å². The van der Waals surface area contributed by atoms with Crippen molar-refractivity contribution in [1.29, 1.82) is 0 Å². The Morgan fingerprint density at radius 3 is 1.45 bits per heavy atom. The molecule has 0 spiro atoms. The molecule has 0 radical (unpaired) electrons. The van der Waals surface area contributed by atoms with E-state index in [0.717, 1.165) is 33.7 Å². The first-order valence-electron chi connectivity index (χ1n) is 6.59. The van der Waals surface area contributed by atoms with E-state index in [9.17, 15) is 0 Å². The molecule has 4 nitrogen and oxygen atoms in total. The molecule has 0 saturated carbocycles. The standard InChI is InChI=1S/C16H14N4/c1-19-13-9-5-3-7-11(13)17-15(19)16-18-12-8-4-6-10-14(12)20(16)2/h3-10H,1-2H3. The zero-order valence-corrected chi connectivity index (χ0v) is 11.4. The first kappa shape index (κ1) is 11.2. The summed E-state index contributed by atoms with van der Waals surface area (Å²) in [7, 11) is 4.06. The van der Waals surface area contributed by atoms with Gasteiger partial charge >= 0.3 is 0 Å². The molecule has 0 amide bonds. The van der Waals surface area contributed by atoms with Crippen LogP contribution in [0.1, 0.15) is 0 Å². The van der Waals surface area contributed by atoms with Gasteiger partial charge in [-0.3, -0.25) is 0 Å². The van der Waals surface area contributed by atoms with Crippen LogP contribution in [0.5, 0.6) is 0 Å². The smallest absolute Gasteiger partial charge is 0.177 e. The number of hydrogen-bond donors (Lipinski definition) is 0. The van der Waals surface area contributed by atoms with Gasteiger partial charge in [0.2, 0.25) is 0 Å². The summed E-state index contributed by atoms with van der Waals surface area (Å²) in [4.78, 5) is 9.44. The molecule has 4 heteroatoms. The largest absolute Gasteiger partial charge is 0.324 e. The highest BCUT2D eigenvalue weighted by atomic mass is 15.2. The Bertz CT molecular complexity index is 852. The number of para-hydroxylation sites is 4. The zero-order chi connectivity index (χ0) is 13.7. The third-order valence-electron chi connectivity index (χ3n) is 3.77. The van der Waals surface area contributed by atoms with Crippen LogP contribution in [0.25, 0.3) is 33.7 Å². The Kier molecular flexibility index (Phi) is 2.21. The second-order valence-corrected chi connectivity index (χ2v) is 4.97. The highest BCUT2D eigenvalue weighted by Crippen LogP contribution is 2.25. The van der Waals surface area contributed by atoms with Gasteiger partial charge in [-0.25, -0.2) is 9.97 Å². The summed E-state index contributed by atoms with van der Waals surface area (Å²) < 4.78 is 4.19. The number of hydrogen-bond acceptors (Lipinski definition) is 2. The lowest BCUT2D eigenvalue weighted by Gasteiger charge is -2.02. The predicted molar refractivity (Wildman–Crippen MR) is 80.4 cm³/mol. The Morgan fingerprint density at radius 2 is 1.05 bits per heavy atom. The molecule has 0 saturated heterocycles. The van der Waals surface area contributed by atoms with E-state index < -0.39 is 0 Å². The number of nitrogens with zero attached hydrogens (tertiary/aromatic N) is 4. The van der Waals surface area contributed by atoms with Gasteiger partial charge in [-0.2, -0.15) is 0 Å². The molecule has 0 fully saturated rings. The van der Waals surface area contributed by atoms with Crippen molar-refractivity contribution in [2.24, 2.45) is 14.1 Å². The molecule has 2 heterocycles. The van der Waals surface area contributed by atoms with Crippen LogP contribution in [0.2, 0.25) is 0 Å². The van der Waals surface area contributed by atoms with E-state index in [1.165, 1.54) is 0 Å². The van der Waals surface area contributed by atoms with Gasteiger partial charge in [-0.1, -0.05) is 24.3 Å². The summed E-state index contributed by atoms with van der Waals surface area (Å²) in [5, 5.41) is 0. The molecular weight excluding hydrogens is 248 g/mol. The second kappa shape index (κ2) is 3.93. The maximum absolute atomic E-state index is 4.72. The minimum atomic E-state index is 0.893. The molecule has 0 bridgehead atoms. The van der Waals surface area contributed by atoms with Crippen LogP contribution in [0, 0.1) is 0 Å². The third-order valence-corrected chi connectivity index (χ3v) is 3.77. The van der Waals surface area contributed by atoms with E-state index in [4.69, 9.17) is 9.97 Å². The number of aryl methyl sites for hydroxylation is 2. The van der Waals surface area contributed by atoms with E-state index in [0.29, 0.717) is 0 Å². The molecule has 4 rings (SSSR count). The van der Waals surface area contributed by atoms with Gasteiger partial charge in [0, 0.05) is 14.1 Å². The van der Waals surface area contributed by atoms with Crippen LogP contribution < -0.4 is 0 Å². The zero-order valence-electron chi connectivity index (χ0n) is 11.4. The number of rotatable bonds is 1. The topological polar surface area (TPSA) is 35.6 Å². The molecule has 2 aromatic heterocycles. The van der Waals surface area contributed by atoms with Gasteiger partial charge in [-0.05, 0) is 24.3 Å². The summed E-state index contributed by atoms with van der Waals surface area (Å²) in [6, 6.07) is 16.3. The van der Waals surface area contributed by atoms with Crippen molar-refractivity contribution in [2.75, 3.05) is 0 Å². The summed E-state index contributed by atoms with van der Waals surface area (Å²) in [5.74, 6) is 1.79. The number of benzene rings is 2. The van der Waals surface area contributed by atoms with Crippen molar-refractivity contribution in [3.05, 3.63) is 48.5 Å². The lowest BCUT2D eigenvalue weighted by molar-refractivity contribution is 0.890. The van der Waals surface area contributed by atoms with Crippen molar-refractivity contribution >= 4 is 22.1 Å². The fourth-order valence-corrected chi connectivity index (χ4v) is 2.69. The molecular formula is C16H14N4. The molecule has 0 unspecified atom stereocenters. The van der Waals surface area contributed by atoms with Crippen LogP contribution in [-0.4, -0.2) is 19.1 Å². The highest BCUT2D eigenvalue weighted by Gasteiger charge is 2.15. The Hall–Kier alpha value is -2.62. The van der Waals surface area contributed by atoms with Gasteiger partial charge in [0.1, 0.15) is 0 Å². The molecule has 98 valence electrons. The molecule has 0 aliphatic carbocycles. The van der Waals surface area contributed by atoms with Crippen molar-refractivity contribution in [3.8, 4) is 11.6 Å². The Morgan fingerprint density at radius 1 is 0.650 bits per heavy atom. The van der Waals surface area contributed by atoms with Gasteiger partial charge in [0.25, 0.3) is 0 Å². The Labute approximate surface area is 116 Å². The summed E-state index contributed by atoms with van der Waals surface area (Å²) in [6.07, 6.45) is 0. The number of aromatic nitrogens is 4. The highest BCUT2D eigenvalue weighted by molar-refractivity contribution is 5.83. The van der Waals surface area contributed by atoms with Crippen LogP contribution in [0.4, 0.5) is 0 Å². The molecule has 0 N–H and O–H groups in total. The fourth-order valence-electron chi connectivity index (χ4n) is 2.69. The summed E-state index contributed by atoms with van der Waals surface area (Å²) in [6.45, 7) is 0. The quantitative estimate of drug-likeness (QED) is 0.528. The van der Waals surface area contributed by atoms with E-state index in [1.54, 1.807) is 0 Å². The molecule has 2 aromatic carbocycles. The number of imidazole rings is 2. The van der Waals surface area contributed by atoms with Gasteiger partial charge in [0.15, 0.2) is 11.6 Å². The van der Waals surface area contributed by atoms with Gasteiger partial charge in [0.05, 0.1) is 22.1 Å². The van der Waals surface area contributed by atoms with Crippen LogP contribution in [0.3, 0.4) is 0 Å². The summed E-state index contributed by atoms with van der Waals surface area (Å²) in [5.41, 5.74) is 4.23. The number of fused-ring (bicyclic) bond motifs is 2. The minimum absolute atomic E-state index is 0.893. The van der Waals surface area contributed by atoms with Crippen molar-refractivity contribution < 1.29 is 0 Å². The lowest BCUT2D eigenvalue weighted by atomic mass is 10.3. The fraction of sp³-hybridized carbons (Fsp3) is 0.125. The molecule has 0 aliphatic heterocycles. The molecule has 0 atom stereocenters. The van der Waals surface area contributed by atoms with E-state index in [-0.39, 0.29) is 0 Å². The maximum Gasteiger partial charge on any atom is 0.177 e. The first-order valence-corrected chi connectivity index (χ1v) is 6.59. The normalized spacial score (nSPS) is 11.5. The molecule has 0 aliphatic rings. The Balaban J connectivity index is 2.06. The van der Waals surface area contributed by atoms with Crippen LogP contribution in [0.15, 0.2) is 48.5 Å². The third kappa shape index (κ3) is 1.42.